The van der Waals surface area contributed by atoms with Gasteiger partial charge in [-0.15, -0.1) is 11.8 Å². The predicted octanol–water partition coefficient (Wildman–Crippen LogP) is 5.04. The summed E-state index contributed by atoms with van der Waals surface area (Å²) in [7, 11) is 0. The molecule has 126 valence electrons. The van der Waals surface area contributed by atoms with Crippen LogP contribution in [0.5, 0.6) is 0 Å². The van der Waals surface area contributed by atoms with Crippen molar-refractivity contribution in [2.45, 2.75) is 11.5 Å². The molecule has 0 saturated heterocycles. The van der Waals surface area contributed by atoms with Crippen molar-refractivity contribution >= 4 is 62.2 Å². The third-order valence-corrected chi connectivity index (χ3v) is 6.47. The summed E-state index contributed by atoms with van der Waals surface area (Å²) in [6, 6.07) is 12.9. The SMILES string of the molecule is O=c1c2ccccc2nc2sc(CSCc3ccc(Cl)c(Cl)c3)nn12. The van der Waals surface area contributed by atoms with Gasteiger partial charge in [-0.2, -0.15) is 9.61 Å². The van der Waals surface area contributed by atoms with Crippen molar-refractivity contribution in [2.75, 3.05) is 0 Å². The molecule has 0 unspecified atom stereocenters. The highest BCUT2D eigenvalue weighted by Gasteiger charge is 2.10. The summed E-state index contributed by atoms with van der Waals surface area (Å²) in [6.07, 6.45) is 0. The Hall–Kier alpha value is -1.60. The van der Waals surface area contributed by atoms with Gasteiger partial charge in [0, 0.05) is 11.5 Å². The van der Waals surface area contributed by atoms with E-state index in [1.165, 1.54) is 15.9 Å². The van der Waals surface area contributed by atoms with Crippen molar-refractivity contribution in [3.05, 3.63) is 73.4 Å². The summed E-state index contributed by atoms with van der Waals surface area (Å²) in [5.41, 5.74) is 1.67. The Kier molecular flexibility index (Phi) is 4.69. The van der Waals surface area contributed by atoms with Crippen LogP contribution in [0.2, 0.25) is 10.0 Å². The number of rotatable bonds is 4. The highest BCUT2D eigenvalue weighted by Crippen LogP contribution is 2.26. The second kappa shape index (κ2) is 6.96. The van der Waals surface area contributed by atoms with Gasteiger partial charge in [0.05, 0.1) is 20.9 Å². The number of halogens is 2. The molecule has 4 rings (SSSR count). The minimum absolute atomic E-state index is 0.127. The molecule has 0 saturated carbocycles. The monoisotopic (exact) mass is 407 g/mol. The van der Waals surface area contributed by atoms with Gasteiger partial charge in [-0.25, -0.2) is 4.98 Å². The maximum Gasteiger partial charge on any atom is 0.283 e. The zero-order valence-corrected chi connectivity index (χ0v) is 15.9. The molecule has 0 N–H and O–H groups in total. The Bertz CT molecular complexity index is 1140. The lowest BCUT2D eigenvalue weighted by atomic mass is 10.2. The van der Waals surface area contributed by atoms with Crippen LogP contribution in [0.15, 0.2) is 47.3 Å². The first-order valence-electron chi connectivity index (χ1n) is 7.41. The average molecular weight is 408 g/mol. The zero-order chi connectivity index (χ0) is 17.4. The minimum atomic E-state index is -0.127. The van der Waals surface area contributed by atoms with E-state index in [0.29, 0.717) is 31.7 Å². The highest BCUT2D eigenvalue weighted by molar-refractivity contribution is 7.97. The molecule has 0 fully saturated rings. The number of benzene rings is 2. The summed E-state index contributed by atoms with van der Waals surface area (Å²) in [5.74, 6) is 1.49. The smallest absolute Gasteiger partial charge is 0.267 e. The number of thioether (sulfide) groups is 1. The van der Waals surface area contributed by atoms with E-state index >= 15 is 0 Å². The normalized spacial score (nSPS) is 11.4. The molecule has 25 heavy (non-hydrogen) atoms. The average Bonchev–Trinajstić information content (AvgIpc) is 3.01. The van der Waals surface area contributed by atoms with E-state index < -0.39 is 0 Å². The van der Waals surface area contributed by atoms with Crippen LogP contribution < -0.4 is 5.56 Å². The molecular weight excluding hydrogens is 397 g/mol. The molecule has 8 heteroatoms. The van der Waals surface area contributed by atoms with Gasteiger partial charge in [0.15, 0.2) is 0 Å². The summed E-state index contributed by atoms with van der Waals surface area (Å²) in [5, 5.41) is 6.98. The van der Waals surface area contributed by atoms with Gasteiger partial charge < -0.3 is 0 Å². The van der Waals surface area contributed by atoms with Gasteiger partial charge in [0.2, 0.25) is 4.96 Å². The minimum Gasteiger partial charge on any atom is -0.267 e. The van der Waals surface area contributed by atoms with Crippen LogP contribution in [0.25, 0.3) is 15.9 Å². The maximum absolute atomic E-state index is 12.5. The number of fused-ring (bicyclic) bond motifs is 2. The second-order valence-electron chi connectivity index (χ2n) is 5.37. The van der Waals surface area contributed by atoms with Crippen LogP contribution in [0, 0.1) is 0 Å². The van der Waals surface area contributed by atoms with Crippen LogP contribution in [0.1, 0.15) is 10.6 Å². The Morgan fingerprint density at radius 3 is 2.76 bits per heavy atom. The van der Waals surface area contributed by atoms with Crippen LogP contribution in [0.3, 0.4) is 0 Å². The quantitative estimate of drug-likeness (QED) is 0.475. The summed E-state index contributed by atoms with van der Waals surface area (Å²) >= 11 is 15.1. The van der Waals surface area contributed by atoms with E-state index in [2.05, 4.69) is 10.1 Å². The summed E-state index contributed by atoms with van der Waals surface area (Å²) < 4.78 is 1.39. The standard InChI is InChI=1S/C17H11Cl2N3OS2/c18-12-6-5-10(7-13(12)19)8-24-9-15-21-22-16(23)11-3-1-2-4-14(11)20-17(22)25-15/h1-7H,8-9H2. The number of para-hydroxylation sites is 1. The molecule has 2 heterocycles. The van der Waals surface area contributed by atoms with Gasteiger partial charge >= 0.3 is 0 Å². The van der Waals surface area contributed by atoms with Gasteiger partial charge in [-0.3, -0.25) is 4.79 Å². The van der Waals surface area contributed by atoms with Crippen molar-refractivity contribution < 1.29 is 0 Å². The molecule has 0 amide bonds. The first kappa shape index (κ1) is 16.8. The van der Waals surface area contributed by atoms with E-state index in [4.69, 9.17) is 23.2 Å². The number of nitrogens with zero attached hydrogens (tertiary/aromatic N) is 3. The molecule has 4 nitrogen and oxygen atoms in total. The molecule has 0 aliphatic carbocycles. The number of hydrogen-bond donors (Lipinski definition) is 0. The van der Waals surface area contributed by atoms with Crippen LogP contribution >= 0.6 is 46.3 Å². The third-order valence-electron chi connectivity index (χ3n) is 3.62. The Morgan fingerprint density at radius 2 is 1.92 bits per heavy atom. The molecule has 0 radical (unpaired) electrons. The fraction of sp³-hybridized carbons (Fsp3) is 0.118. The van der Waals surface area contributed by atoms with E-state index in [1.54, 1.807) is 23.9 Å². The number of aromatic nitrogens is 3. The van der Waals surface area contributed by atoms with E-state index in [1.807, 2.05) is 30.3 Å². The molecule has 0 bridgehead atoms. The van der Waals surface area contributed by atoms with Gasteiger partial charge in [0.25, 0.3) is 5.56 Å². The topological polar surface area (TPSA) is 47.3 Å². The largest absolute Gasteiger partial charge is 0.283 e. The van der Waals surface area contributed by atoms with Crippen LogP contribution in [0.4, 0.5) is 0 Å². The van der Waals surface area contributed by atoms with Gasteiger partial charge in [-0.1, -0.05) is 52.7 Å². The van der Waals surface area contributed by atoms with Crippen molar-refractivity contribution in [1.29, 1.82) is 0 Å². The molecule has 0 spiro atoms. The van der Waals surface area contributed by atoms with Crippen LogP contribution in [-0.4, -0.2) is 14.6 Å². The van der Waals surface area contributed by atoms with E-state index in [0.717, 1.165) is 16.3 Å². The Balaban J connectivity index is 1.55. The van der Waals surface area contributed by atoms with Gasteiger partial charge in [0.1, 0.15) is 5.01 Å². The number of hydrogen-bond acceptors (Lipinski definition) is 5. The summed E-state index contributed by atoms with van der Waals surface area (Å²) in [6.45, 7) is 0. The fourth-order valence-corrected chi connectivity index (χ4v) is 4.68. The van der Waals surface area contributed by atoms with Gasteiger partial charge in [-0.05, 0) is 29.8 Å². The third kappa shape index (κ3) is 3.40. The molecule has 0 atom stereocenters. The lowest BCUT2D eigenvalue weighted by Crippen LogP contribution is -2.15. The predicted molar refractivity (Wildman–Crippen MR) is 106 cm³/mol. The molecule has 0 aliphatic rings. The zero-order valence-electron chi connectivity index (χ0n) is 12.8. The molecule has 0 aliphatic heterocycles. The summed E-state index contributed by atoms with van der Waals surface area (Å²) in [4.78, 5) is 17.6. The van der Waals surface area contributed by atoms with Crippen molar-refractivity contribution in [3.8, 4) is 0 Å². The lowest BCUT2D eigenvalue weighted by Gasteiger charge is -2.02. The Labute approximate surface area is 161 Å². The van der Waals surface area contributed by atoms with Crippen LogP contribution in [-0.2, 0) is 11.5 Å². The Morgan fingerprint density at radius 1 is 1.08 bits per heavy atom. The molecule has 2 aromatic carbocycles. The van der Waals surface area contributed by atoms with Crippen molar-refractivity contribution in [1.82, 2.24) is 14.6 Å². The maximum atomic E-state index is 12.5. The van der Waals surface area contributed by atoms with E-state index in [-0.39, 0.29) is 5.56 Å². The first-order valence-corrected chi connectivity index (χ1v) is 10.1. The van der Waals surface area contributed by atoms with Crippen molar-refractivity contribution in [3.63, 3.8) is 0 Å². The van der Waals surface area contributed by atoms with E-state index in [9.17, 15) is 4.79 Å². The molecule has 4 aromatic rings. The second-order valence-corrected chi connectivity index (χ2v) is 8.21. The fourth-order valence-electron chi connectivity index (χ4n) is 2.44. The lowest BCUT2D eigenvalue weighted by molar-refractivity contribution is 0.891. The molecular formula is C17H11Cl2N3OS2. The van der Waals surface area contributed by atoms with Crippen molar-refractivity contribution in [2.24, 2.45) is 0 Å². The molecule has 2 aromatic heterocycles. The highest BCUT2D eigenvalue weighted by atomic mass is 35.5. The first-order chi connectivity index (χ1) is 12.1.